The van der Waals surface area contributed by atoms with Gasteiger partial charge in [-0.15, -0.1) is 0 Å². The molecule has 0 spiro atoms. The molecule has 1 aromatic carbocycles. The minimum atomic E-state index is -1.84. The van der Waals surface area contributed by atoms with Crippen molar-refractivity contribution >= 4 is 26.0 Å². The Hall–Kier alpha value is -1.24. The van der Waals surface area contributed by atoms with E-state index in [4.69, 9.17) is 25.5 Å². The number of benzene rings is 1. The van der Waals surface area contributed by atoms with E-state index in [1.165, 1.54) is 0 Å². The smallest absolute Gasteiger partial charge is 0.410 e. The Balaban J connectivity index is 1.84. The molecule has 146 valence electrons. The molecular formula is C19H30ClNO4Si. The first-order valence-electron chi connectivity index (χ1n) is 8.99. The Kier molecular flexibility index (Phi) is 6.63. The highest BCUT2D eigenvalue weighted by Crippen LogP contribution is 2.36. The van der Waals surface area contributed by atoms with E-state index in [0.717, 1.165) is 0 Å². The van der Waals surface area contributed by atoms with Gasteiger partial charge in [-0.25, -0.2) is 4.79 Å². The van der Waals surface area contributed by atoms with Crippen LogP contribution in [-0.4, -0.2) is 51.2 Å². The fraction of sp³-hybridized carbons (Fsp3) is 0.632. The van der Waals surface area contributed by atoms with E-state index in [1.807, 2.05) is 19.1 Å². The third-order valence-corrected chi connectivity index (χ3v) is 9.89. The second-order valence-electron chi connectivity index (χ2n) is 8.35. The van der Waals surface area contributed by atoms with Crippen molar-refractivity contribution in [1.29, 1.82) is 0 Å². The van der Waals surface area contributed by atoms with Crippen molar-refractivity contribution in [2.75, 3.05) is 19.8 Å². The van der Waals surface area contributed by atoms with Crippen molar-refractivity contribution in [3.63, 3.8) is 0 Å². The summed E-state index contributed by atoms with van der Waals surface area (Å²) >= 11 is 5.95. The van der Waals surface area contributed by atoms with Gasteiger partial charge in [-0.05, 0) is 43.3 Å². The number of hydrogen-bond donors (Lipinski definition) is 0. The summed E-state index contributed by atoms with van der Waals surface area (Å²) in [5.41, 5.74) is 0. The van der Waals surface area contributed by atoms with Gasteiger partial charge in [0.1, 0.15) is 12.4 Å². The summed E-state index contributed by atoms with van der Waals surface area (Å²) < 4.78 is 17.4. The van der Waals surface area contributed by atoms with Crippen LogP contribution < -0.4 is 4.74 Å². The molecule has 1 fully saturated rings. The summed E-state index contributed by atoms with van der Waals surface area (Å²) in [7, 11) is -1.84. The molecule has 0 saturated carbocycles. The first-order chi connectivity index (χ1) is 12.0. The predicted octanol–water partition coefficient (Wildman–Crippen LogP) is 4.95. The molecule has 1 aliphatic heterocycles. The van der Waals surface area contributed by atoms with E-state index in [9.17, 15) is 4.79 Å². The number of ether oxygens (including phenoxy) is 2. The van der Waals surface area contributed by atoms with Crippen molar-refractivity contribution in [2.45, 2.75) is 58.0 Å². The summed E-state index contributed by atoms with van der Waals surface area (Å²) in [6.07, 6.45) is -0.604. The van der Waals surface area contributed by atoms with Gasteiger partial charge in [0, 0.05) is 5.02 Å². The van der Waals surface area contributed by atoms with Crippen LogP contribution in [0.4, 0.5) is 4.79 Å². The molecule has 5 nitrogen and oxygen atoms in total. The summed E-state index contributed by atoms with van der Waals surface area (Å²) in [4.78, 5) is 13.9. The monoisotopic (exact) mass is 399 g/mol. The molecule has 2 atom stereocenters. The number of nitrogens with zero attached hydrogens (tertiary/aromatic N) is 1. The van der Waals surface area contributed by atoms with Gasteiger partial charge in [0.05, 0.1) is 19.2 Å². The lowest BCUT2D eigenvalue weighted by Crippen LogP contribution is -2.46. The highest BCUT2D eigenvalue weighted by molar-refractivity contribution is 6.74. The van der Waals surface area contributed by atoms with Crippen molar-refractivity contribution in [1.82, 2.24) is 4.90 Å². The van der Waals surface area contributed by atoms with Crippen LogP contribution in [0.15, 0.2) is 24.3 Å². The Morgan fingerprint density at radius 1 is 1.38 bits per heavy atom. The second kappa shape index (κ2) is 8.19. The fourth-order valence-corrected chi connectivity index (χ4v) is 3.64. The Morgan fingerprint density at radius 3 is 2.69 bits per heavy atom. The molecule has 0 N–H and O–H groups in total. The molecular weight excluding hydrogens is 370 g/mol. The highest BCUT2D eigenvalue weighted by Gasteiger charge is 2.39. The zero-order valence-electron chi connectivity index (χ0n) is 16.5. The summed E-state index contributed by atoms with van der Waals surface area (Å²) in [5.74, 6) is 0.668. The third-order valence-electron chi connectivity index (χ3n) is 5.16. The molecule has 0 aliphatic carbocycles. The molecule has 1 aliphatic rings. The highest BCUT2D eigenvalue weighted by atomic mass is 35.5. The van der Waals surface area contributed by atoms with Crippen LogP contribution >= 0.6 is 11.6 Å². The summed E-state index contributed by atoms with van der Waals surface area (Å²) in [6.45, 7) is 14.4. The molecule has 7 heteroatoms. The lowest BCUT2D eigenvalue weighted by atomic mass is 10.2. The number of rotatable bonds is 7. The standard InChI is InChI=1S/C19H30ClNO4Si/c1-14(12-24-26(5,6)19(2,3)4)21-11-17(25-18(21)22)13-23-16-9-7-8-15(20)10-16/h7-10,14,17H,11-13H2,1-6H3/t14-,17-/m0/s1. The molecule has 26 heavy (non-hydrogen) atoms. The number of carbonyl (C=O) groups is 1. The minimum absolute atomic E-state index is 0.0344. The molecule has 0 unspecified atom stereocenters. The van der Waals surface area contributed by atoms with Crippen LogP contribution in [0.3, 0.4) is 0 Å². The van der Waals surface area contributed by atoms with Crippen molar-refractivity contribution in [3.05, 3.63) is 29.3 Å². The molecule has 2 rings (SSSR count). The molecule has 1 heterocycles. The molecule has 1 amide bonds. The van der Waals surface area contributed by atoms with E-state index in [2.05, 4.69) is 33.9 Å². The van der Waals surface area contributed by atoms with Gasteiger partial charge in [-0.2, -0.15) is 0 Å². The van der Waals surface area contributed by atoms with Crippen LogP contribution in [0.25, 0.3) is 0 Å². The lowest BCUT2D eigenvalue weighted by molar-refractivity contribution is 0.1000. The summed E-state index contributed by atoms with van der Waals surface area (Å²) in [6, 6.07) is 7.15. The van der Waals surface area contributed by atoms with Gasteiger partial charge in [0.15, 0.2) is 14.4 Å². The number of cyclic esters (lactones) is 1. The second-order valence-corrected chi connectivity index (χ2v) is 13.6. The van der Waals surface area contributed by atoms with Crippen molar-refractivity contribution in [2.24, 2.45) is 0 Å². The van der Waals surface area contributed by atoms with Crippen LogP contribution in [0.5, 0.6) is 5.75 Å². The number of hydrogen-bond acceptors (Lipinski definition) is 4. The van der Waals surface area contributed by atoms with Gasteiger partial charge in [0.25, 0.3) is 0 Å². The normalized spacial score (nSPS) is 19.4. The van der Waals surface area contributed by atoms with Crippen LogP contribution in [0.1, 0.15) is 27.7 Å². The van der Waals surface area contributed by atoms with E-state index >= 15 is 0 Å². The number of amides is 1. The first-order valence-corrected chi connectivity index (χ1v) is 12.3. The maximum Gasteiger partial charge on any atom is 0.410 e. The average molecular weight is 400 g/mol. The van der Waals surface area contributed by atoms with Crippen molar-refractivity contribution in [3.8, 4) is 5.75 Å². The fourth-order valence-electron chi connectivity index (χ4n) is 2.37. The summed E-state index contributed by atoms with van der Waals surface area (Å²) in [5, 5.41) is 0.759. The molecule has 0 bridgehead atoms. The lowest BCUT2D eigenvalue weighted by Gasteiger charge is -2.37. The number of carbonyl (C=O) groups excluding carboxylic acids is 1. The molecule has 1 saturated heterocycles. The Labute approximate surface area is 162 Å². The van der Waals surface area contributed by atoms with Gasteiger partial charge in [-0.3, -0.25) is 4.90 Å². The SMILES string of the molecule is C[C@@H](CO[Si](C)(C)C(C)(C)C)N1C[C@@H](COc2cccc(Cl)c2)OC1=O. The third kappa shape index (κ3) is 5.38. The van der Waals surface area contributed by atoms with Crippen LogP contribution in [0.2, 0.25) is 23.2 Å². The largest absolute Gasteiger partial charge is 0.490 e. The Bertz CT molecular complexity index is 632. The van der Waals surface area contributed by atoms with E-state index in [-0.39, 0.29) is 23.3 Å². The molecule has 1 aromatic rings. The maximum atomic E-state index is 12.2. The molecule has 0 radical (unpaired) electrons. The van der Waals surface area contributed by atoms with Gasteiger partial charge in [-0.1, -0.05) is 38.4 Å². The number of halogens is 1. The van der Waals surface area contributed by atoms with Crippen LogP contribution in [-0.2, 0) is 9.16 Å². The zero-order chi connectivity index (χ0) is 19.5. The van der Waals surface area contributed by atoms with E-state index in [1.54, 1.807) is 17.0 Å². The zero-order valence-corrected chi connectivity index (χ0v) is 18.3. The Morgan fingerprint density at radius 2 is 2.08 bits per heavy atom. The van der Waals surface area contributed by atoms with E-state index in [0.29, 0.717) is 30.5 Å². The first kappa shape index (κ1) is 21.1. The average Bonchev–Trinajstić information content (AvgIpc) is 2.91. The minimum Gasteiger partial charge on any atom is -0.490 e. The maximum absolute atomic E-state index is 12.2. The molecule has 0 aromatic heterocycles. The van der Waals surface area contributed by atoms with E-state index < -0.39 is 8.32 Å². The van der Waals surface area contributed by atoms with Crippen molar-refractivity contribution < 1.29 is 18.7 Å². The van der Waals surface area contributed by atoms with Crippen LogP contribution in [0, 0.1) is 0 Å². The predicted molar refractivity (Wildman–Crippen MR) is 107 cm³/mol. The van der Waals surface area contributed by atoms with Gasteiger partial charge in [0.2, 0.25) is 0 Å². The quantitative estimate of drug-likeness (QED) is 0.608. The topological polar surface area (TPSA) is 48.0 Å². The van der Waals surface area contributed by atoms with Gasteiger partial charge >= 0.3 is 6.09 Å². The van der Waals surface area contributed by atoms with Gasteiger partial charge < -0.3 is 13.9 Å².